The van der Waals surface area contributed by atoms with Crippen LogP contribution in [0.25, 0.3) is 64.0 Å². The minimum Gasteiger partial charge on any atom is -0.308 e. The van der Waals surface area contributed by atoms with E-state index in [1.54, 1.807) is 0 Å². The van der Waals surface area contributed by atoms with Crippen molar-refractivity contribution in [3.8, 4) is 22.3 Å². The average Bonchev–Trinajstić information content (AvgIpc) is 3.49. The maximum atomic E-state index is 2.46. The van der Waals surface area contributed by atoms with Crippen LogP contribution in [0.4, 0.5) is 17.1 Å². The van der Waals surface area contributed by atoms with Crippen molar-refractivity contribution in [2.24, 2.45) is 0 Å². The highest BCUT2D eigenvalue weighted by Gasteiger charge is 2.21. The van der Waals surface area contributed by atoms with Crippen molar-refractivity contribution in [2.75, 3.05) is 4.90 Å². The molecule has 0 unspecified atom stereocenters. The number of benzene rings is 8. The molecule has 0 saturated carbocycles. The summed E-state index contributed by atoms with van der Waals surface area (Å²) in [6, 6.07) is 63.9. The Morgan fingerprint density at radius 2 is 0.957 bits per heavy atom. The van der Waals surface area contributed by atoms with Crippen LogP contribution in [0.3, 0.4) is 0 Å². The number of anilines is 3. The van der Waals surface area contributed by atoms with Gasteiger partial charge in [0.1, 0.15) is 0 Å². The first kappa shape index (κ1) is 26.7. The Morgan fingerprint density at radius 3 is 1.80 bits per heavy atom. The van der Waals surface area contributed by atoms with Gasteiger partial charge in [-0.3, -0.25) is 0 Å². The molecule has 0 atom stereocenters. The van der Waals surface area contributed by atoms with Crippen molar-refractivity contribution >= 4 is 70.1 Å². The van der Waals surface area contributed by atoms with Gasteiger partial charge in [-0.05, 0) is 74.6 Å². The largest absolute Gasteiger partial charge is 0.308 e. The second kappa shape index (κ2) is 11.0. The lowest BCUT2D eigenvalue weighted by Gasteiger charge is -2.29. The second-order valence-electron chi connectivity index (χ2n) is 11.7. The molecule has 2 heteroatoms. The molecule has 0 fully saturated rings. The van der Waals surface area contributed by atoms with Crippen molar-refractivity contribution in [3.05, 3.63) is 176 Å². The molecule has 8 aromatic carbocycles. The standard InChI is InChI=1S/C44H29NS/c1-2-12-30(13-3-1)31-24-26-35(27-25-31)45(41-22-9-8-19-38(41)37-20-10-17-32-14-6-7-18-36(32)37)42-23-11-21-39-40-28-33-15-4-5-16-34(33)29-43(40)46-44(39)42/h1-29H. The van der Waals surface area contributed by atoms with Gasteiger partial charge in [0, 0.05) is 26.7 Å². The zero-order chi connectivity index (χ0) is 30.5. The van der Waals surface area contributed by atoms with E-state index in [0.29, 0.717) is 0 Å². The van der Waals surface area contributed by atoms with Gasteiger partial charge in [-0.15, -0.1) is 11.3 Å². The van der Waals surface area contributed by atoms with Gasteiger partial charge < -0.3 is 4.90 Å². The Kier molecular flexibility index (Phi) is 6.40. The fraction of sp³-hybridized carbons (Fsp3) is 0. The van der Waals surface area contributed by atoms with Gasteiger partial charge in [0.15, 0.2) is 0 Å². The SMILES string of the molecule is c1ccc(-c2ccc(N(c3ccccc3-c3cccc4ccccc34)c3cccc4c3sc3cc5ccccc5cc34)cc2)cc1. The van der Waals surface area contributed by atoms with Crippen molar-refractivity contribution in [3.63, 3.8) is 0 Å². The maximum absolute atomic E-state index is 2.46. The molecule has 0 aliphatic heterocycles. The maximum Gasteiger partial charge on any atom is 0.0640 e. The molecule has 1 heterocycles. The molecule has 0 aliphatic carbocycles. The first-order valence-corrected chi connectivity index (χ1v) is 16.5. The zero-order valence-corrected chi connectivity index (χ0v) is 25.9. The highest BCUT2D eigenvalue weighted by molar-refractivity contribution is 7.26. The number of hydrogen-bond donors (Lipinski definition) is 0. The van der Waals surface area contributed by atoms with Gasteiger partial charge in [0.2, 0.25) is 0 Å². The Bertz CT molecular complexity index is 2520. The van der Waals surface area contributed by atoms with E-state index < -0.39 is 0 Å². The second-order valence-corrected chi connectivity index (χ2v) is 12.8. The van der Waals surface area contributed by atoms with E-state index in [0.717, 1.165) is 11.4 Å². The molecule has 9 aromatic rings. The smallest absolute Gasteiger partial charge is 0.0640 e. The van der Waals surface area contributed by atoms with E-state index in [-0.39, 0.29) is 0 Å². The summed E-state index contributed by atoms with van der Waals surface area (Å²) in [7, 11) is 0. The summed E-state index contributed by atoms with van der Waals surface area (Å²) >= 11 is 1.88. The van der Waals surface area contributed by atoms with E-state index in [9.17, 15) is 0 Å². The zero-order valence-electron chi connectivity index (χ0n) is 25.1. The summed E-state index contributed by atoms with van der Waals surface area (Å²) in [5.41, 5.74) is 8.32. The van der Waals surface area contributed by atoms with Crippen LogP contribution >= 0.6 is 11.3 Å². The van der Waals surface area contributed by atoms with E-state index in [4.69, 9.17) is 0 Å². The molecule has 1 aromatic heterocycles. The summed E-state index contributed by atoms with van der Waals surface area (Å²) in [4.78, 5) is 2.46. The lowest BCUT2D eigenvalue weighted by atomic mass is 9.96. The van der Waals surface area contributed by atoms with E-state index in [2.05, 4.69) is 181 Å². The van der Waals surface area contributed by atoms with Gasteiger partial charge >= 0.3 is 0 Å². The molecule has 0 spiro atoms. The van der Waals surface area contributed by atoms with Crippen LogP contribution in [0.5, 0.6) is 0 Å². The monoisotopic (exact) mass is 603 g/mol. The normalized spacial score (nSPS) is 11.5. The molecule has 9 rings (SSSR count). The Morgan fingerprint density at radius 1 is 0.370 bits per heavy atom. The number of rotatable bonds is 5. The number of hydrogen-bond acceptors (Lipinski definition) is 2. The van der Waals surface area contributed by atoms with Crippen LogP contribution in [0.1, 0.15) is 0 Å². The molecule has 0 N–H and O–H groups in total. The highest BCUT2D eigenvalue weighted by atomic mass is 32.1. The summed E-state index contributed by atoms with van der Waals surface area (Å²) in [5.74, 6) is 0. The average molecular weight is 604 g/mol. The van der Waals surface area contributed by atoms with Gasteiger partial charge in [0.05, 0.1) is 16.1 Å². The molecule has 0 radical (unpaired) electrons. The minimum atomic E-state index is 1.13. The van der Waals surface area contributed by atoms with Crippen LogP contribution in [-0.4, -0.2) is 0 Å². The van der Waals surface area contributed by atoms with Crippen LogP contribution < -0.4 is 4.90 Å². The molecule has 0 saturated heterocycles. The highest BCUT2D eigenvalue weighted by Crippen LogP contribution is 2.48. The van der Waals surface area contributed by atoms with E-state index >= 15 is 0 Å². The topological polar surface area (TPSA) is 3.24 Å². The number of thiophene rings is 1. The first-order valence-electron chi connectivity index (χ1n) is 15.7. The molecular formula is C44H29NS. The van der Waals surface area contributed by atoms with Gasteiger partial charge in [-0.1, -0.05) is 140 Å². The predicted molar refractivity (Wildman–Crippen MR) is 200 cm³/mol. The van der Waals surface area contributed by atoms with E-state index in [1.165, 1.54) is 69.7 Å². The predicted octanol–water partition coefficient (Wildman–Crippen LogP) is 13.2. The van der Waals surface area contributed by atoms with E-state index in [1.807, 2.05) is 11.3 Å². The Labute approximate surface area is 272 Å². The summed E-state index contributed by atoms with van der Waals surface area (Å²) in [5, 5.41) is 7.64. The van der Waals surface area contributed by atoms with Crippen LogP contribution in [0, 0.1) is 0 Å². The van der Waals surface area contributed by atoms with Gasteiger partial charge in [-0.2, -0.15) is 0 Å². The third-order valence-electron chi connectivity index (χ3n) is 9.04. The molecule has 216 valence electrons. The van der Waals surface area contributed by atoms with Crippen LogP contribution in [-0.2, 0) is 0 Å². The third-order valence-corrected chi connectivity index (χ3v) is 10.2. The van der Waals surface area contributed by atoms with Crippen molar-refractivity contribution in [2.45, 2.75) is 0 Å². The number of para-hydroxylation sites is 1. The molecule has 46 heavy (non-hydrogen) atoms. The summed E-state index contributed by atoms with van der Waals surface area (Å²) in [6.45, 7) is 0. The van der Waals surface area contributed by atoms with Crippen molar-refractivity contribution in [1.29, 1.82) is 0 Å². The molecular weight excluding hydrogens is 575 g/mol. The summed E-state index contributed by atoms with van der Waals surface area (Å²) in [6.07, 6.45) is 0. The number of fused-ring (bicyclic) bond motifs is 5. The van der Waals surface area contributed by atoms with Crippen molar-refractivity contribution in [1.82, 2.24) is 0 Å². The summed E-state index contributed by atoms with van der Waals surface area (Å²) < 4.78 is 2.59. The fourth-order valence-corrected chi connectivity index (χ4v) is 8.08. The minimum absolute atomic E-state index is 1.13. The fourth-order valence-electron chi connectivity index (χ4n) is 6.84. The van der Waals surface area contributed by atoms with Crippen molar-refractivity contribution < 1.29 is 0 Å². The van der Waals surface area contributed by atoms with Crippen LogP contribution in [0.15, 0.2) is 176 Å². The molecule has 0 amide bonds. The quantitative estimate of drug-likeness (QED) is 0.189. The molecule has 1 nitrogen and oxygen atoms in total. The van der Waals surface area contributed by atoms with Gasteiger partial charge in [0.25, 0.3) is 0 Å². The number of nitrogens with zero attached hydrogens (tertiary/aromatic N) is 1. The lowest BCUT2D eigenvalue weighted by molar-refractivity contribution is 1.30. The van der Waals surface area contributed by atoms with Gasteiger partial charge in [-0.25, -0.2) is 0 Å². The van der Waals surface area contributed by atoms with Crippen LogP contribution in [0.2, 0.25) is 0 Å². The lowest BCUT2D eigenvalue weighted by Crippen LogP contribution is -2.11. The molecule has 0 bridgehead atoms. The Balaban J connectivity index is 1.31. The first-order chi connectivity index (χ1) is 22.8. The Hall–Kier alpha value is -5.70. The third kappa shape index (κ3) is 4.46. The molecule has 0 aliphatic rings.